The molecule has 0 amide bonds. The largest absolute Gasteiger partial charge is 0.511 e. The minimum atomic E-state index is -5.26. The lowest BCUT2D eigenvalue weighted by atomic mass is 9.98. The lowest BCUT2D eigenvalue weighted by molar-refractivity contribution is -0.0496. The maximum Gasteiger partial charge on any atom is 0.511 e. The number of anilines is 1. The van der Waals surface area contributed by atoms with Gasteiger partial charge in [0.2, 0.25) is 5.95 Å². The Kier molecular flexibility index (Phi) is 4.90. The number of halogens is 4. The van der Waals surface area contributed by atoms with Gasteiger partial charge in [0.05, 0.1) is 0 Å². The summed E-state index contributed by atoms with van der Waals surface area (Å²) in [5.74, 6) is -0.286. The van der Waals surface area contributed by atoms with Crippen molar-refractivity contribution in [2.24, 2.45) is 5.92 Å². The molecular formula is C12H15F4N3O2S. The van der Waals surface area contributed by atoms with E-state index in [1.807, 2.05) is 0 Å². The standard InChI is InChI=1S/C12H15F4N3O2S/c13-10-2-1-3-11(18-10)17-8-9-4-6-19(7-5-9)22(20,21)12(14,15)16/h1-3,9H,4-8H2,(H,17,18). The van der Waals surface area contributed by atoms with Crippen LogP contribution >= 0.6 is 0 Å². The van der Waals surface area contributed by atoms with Gasteiger partial charge in [0.25, 0.3) is 0 Å². The van der Waals surface area contributed by atoms with Crippen LogP contribution in [0, 0.1) is 11.9 Å². The fraction of sp³-hybridized carbons (Fsp3) is 0.583. The summed E-state index contributed by atoms with van der Waals surface area (Å²) in [5.41, 5.74) is -5.26. The monoisotopic (exact) mass is 341 g/mol. The van der Waals surface area contributed by atoms with Crippen molar-refractivity contribution in [1.29, 1.82) is 0 Å². The van der Waals surface area contributed by atoms with Gasteiger partial charge in [0.15, 0.2) is 0 Å². The lowest BCUT2D eigenvalue weighted by Crippen LogP contribution is -2.45. The molecule has 0 bridgehead atoms. The van der Waals surface area contributed by atoms with Crippen LogP contribution in [0.4, 0.5) is 23.4 Å². The number of alkyl halides is 3. The molecule has 22 heavy (non-hydrogen) atoms. The molecule has 1 fully saturated rings. The van der Waals surface area contributed by atoms with Crippen LogP contribution in [-0.4, -0.2) is 42.8 Å². The van der Waals surface area contributed by atoms with Crippen LogP contribution in [0.2, 0.25) is 0 Å². The number of sulfonamides is 1. The Bertz CT molecular complexity index is 613. The zero-order valence-corrected chi connectivity index (χ0v) is 12.3. The van der Waals surface area contributed by atoms with Crippen molar-refractivity contribution in [3.8, 4) is 0 Å². The molecule has 1 aromatic rings. The van der Waals surface area contributed by atoms with Gasteiger partial charge in [-0.15, -0.1) is 0 Å². The molecule has 124 valence electrons. The number of piperidine rings is 1. The van der Waals surface area contributed by atoms with Crippen molar-refractivity contribution in [3.05, 3.63) is 24.1 Å². The Balaban J connectivity index is 1.85. The predicted molar refractivity (Wildman–Crippen MR) is 72.0 cm³/mol. The Labute approximate surface area is 125 Å². The summed E-state index contributed by atoms with van der Waals surface area (Å²) < 4.78 is 73.2. The number of pyridine rings is 1. The molecule has 1 N–H and O–H groups in total. The van der Waals surface area contributed by atoms with Gasteiger partial charge in [-0.2, -0.15) is 21.9 Å². The summed E-state index contributed by atoms with van der Waals surface area (Å²) in [5, 5.41) is 2.90. The third-order valence-corrected chi connectivity index (χ3v) is 5.12. The van der Waals surface area contributed by atoms with Crippen molar-refractivity contribution in [2.75, 3.05) is 25.0 Å². The Morgan fingerprint density at radius 1 is 1.27 bits per heavy atom. The molecule has 0 radical (unpaired) electrons. The minimum absolute atomic E-state index is 0.00440. The molecule has 0 aromatic carbocycles. The van der Waals surface area contributed by atoms with E-state index in [0.717, 1.165) is 0 Å². The van der Waals surface area contributed by atoms with E-state index in [9.17, 15) is 26.0 Å². The highest BCUT2D eigenvalue weighted by atomic mass is 32.2. The van der Waals surface area contributed by atoms with Crippen LogP contribution in [0.15, 0.2) is 18.2 Å². The Morgan fingerprint density at radius 2 is 1.91 bits per heavy atom. The molecule has 0 saturated carbocycles. The highest BCUT2D eigenvalue weighted by Gasteiger charge is 2.50. The molecule has 2 heterocycles. The van der Waals surface area contributed by atoms with Gasteiger partial charge in [-0.1, -0.05) is 6.07 Å². The maximum atomic E-state index is 12.9. The predicted octanol–water partition coefficient (Wildman–Crippen LogP) is 2.19. The van der Waals surface area contributed by atoms with Gasteiger partial charge < -0.3 is 5.32 Å². The second-order valence-corrected chi connectivity index (χ2v) is 6.95. The van der Waals surface area contributed by atoms with Gasteiger partial charge in [-0.3, -0.25) is 0 Å². The van der Waals surface area contributed by atoms with Gasteiger partial charge in [0, 0.05) is 19.6 Å². The first-order chi connectivity index (χ1) is 10.2. The normalized spacial score (nSPS) is 18.4. The van der Waals surface area contributed by atoms with Crippen LogP contribution in [-0.2, 0) is 10.0 Å². The summed E-state index contributed by atoms with van der Waals surface area (Å²) in [6, 6.07) is 4.27. The first kappa shape index (κ1) is 16.9. The lowest BCUT2D eigenvalue weighted by Gasteiger charge is -2.31. The molecule has 5 nitrogen and oxygen atoms in total. The Morgan fingerprint density at radius 3 is 2.45 bits per heavy atom. The highest BCUT2D eigenvalue weighted by Crippen LogP contribution is 2.30. The topological polar surface area (TPSA) is 62.3 Å². The third kappa shape index (κ3) is 3.86. The molecule has 10 heteroatoms. The fourth-order valence-electron chi connectivity index (χ4n) is 2.26. The number of nitrogens with one attached hydrogen (secondary N) is 1. The Hall–Kier alpha value is -1.42. The van der Waals surface area contributed by atoms with Gasteiger partial charge in [0.1, 0.15) is 5.82 Å². The summed E-state index contributed by atoms with van der Waals surface area (Å²) >= 11 is 0. The van der Waals surface area contributed by atoms with Crippen molar-refractivity contribution in [3.63, 3.8) is 0 Å². The fourth-order valence-corrected chi connectivity index (χ4v) is 3.24. The van der Waals surface area contributed by atoms with Crippen LogP contribution in [0.5, 0.6) is 0 Å². The second-order valence-electron chi connectivity index (χ2n) is 5.02. The van der Waals surface area contributed by atoms with Crippen molar-refractivity contribution in [1.82, 2.24) is 9.29 Å². The van der Waals surface area contributed by atoms with Crippen LogP contribution in [0.25, 0.3) is 0 Å². The molecule has 0 spiro atoms. The molecule has 1 aliphatic rings. The maximum absolute atomic E-state index is 12.9. The van der Waals surface area contributed by atoms with E-state index in [4.69, 9.17) is 0 Å². The molecule has 0 atom stereocenters. The van der Waals surface area contributed by atoms with Crippen LogP contribution < -0.4 is 5.32 Å². The number of aromatic nitrogens is 1. The number of nitrogens with zero attached hydrogens (tertiary/aromatic N) is 2. The zero-order valence-electron chi connectivity index (χ0n) is 11.5. The van der Waals surface area contributed by atoms with E-state index < -0.39 is 21.5 Å². The number of hydrogen-bond donors (Lipinski definition) is 1. The van der Waals surface area contributed by atoms with E-state index in [1.54, 1.807) is 6.07 Å². The molecule has 1 aromatic heterocycles. The van der Waals surface area contributed by atoms with E-state index in [2.05, 4.69) is 10.3 Å². The zero-order chi connectivity index (χ0) is 16.4. The highest BCUT2D eigenvalue weighted by molar-refractivity contribution is 7.90. The van der Waals surface area contributed by atoms with E-state index >= 15 is 0 Å². The first-order valence-electron chi connectivity index (χ1n) is 6.63. The number of rotatable bonds is 4. The third-order valence-electron chi connectivity index (χ3n) is 3.49. The summed E-state index contributed by atoms with van der Waals surface area (Å²) in [6.45, 7) is 0.0475. The SMILES string of the molecule is O=S(=O)(N1CCC(CNc2cccc(F)n2)CC1)C(F)(F)F. The van der Waals surface area contributed by atoms with Gasteiger partial charge >= 0.3 is 15.5 Å². The van der Waals surface area contributed by atoms with Crippen molar-refractivity contribution >= 4 is 15.8 Å². The molecule has 0 aliphatic carbocycles. The first-order valence-corrected chi connectivity index (χ1v) is 8.07. The summed E-state index contributed by atoms with van der Waals surface area (Å²) in [6.07, 6.45) is 0.606. The average molecular weight is 341 g/mol. The number of hydrogen-bond acceptors (Lipinski definition) is 4. The molecule has 2 rings (SSSR count). The van der Waals surface area contributed by atoms with Crippen molar-refractivity contribution < 1.29 is 26.0 Å². The summed E-state index contributed by atoms with van der Waals surface area (Å²) in [7, 11) is -5.24. The van der Waals surface area contributed by atoms with E-state index in [1.165, 1.54) is 12.1 Å². The minimum Gasteiger partial charge on any atom is -0.370 e. The van der Waals surface area contributed by atoms with E-state index in [-0.39, 0.29) is 19.0 Å². The van der Waals surface area contributed by atoms with Gasteiger partial charge in [-0.25, -0.2) is 13.4 Å². The molecule has 0 unspecified atom stereocenters. The molecule has 1 saturated heterocycles. The summed E-state index contributed by atoms with van der Waals surface area (Å²) in [4.78, 5) is 3.61. The van der Waals surface area contributed by atoms with Crippen LogP contribution in [0.1, 0.15) is 12.8 Å². The van der Waals surface area contributed by atoms with Crippen LogP contribution in [0.3, 0.4) is 0 Å². The molecule has 1 aliphatic heterocycles. The second kappa shape index (κ2) is 6.37. The van der Waals surface area contributed by atoms with Gasteiger partial charge in [-0.05, 0) is 30.9 Å². The smallest absolute Gasteiger partial charge is 0.370 e. The quantitative estimate of drug-likeness (QED) is 0.674. The van der Waals surface area contributed by atoms with Crippen molar-refractivity contribution in [2.45, 2.75) is 18.3 Å². The molecular weight excluding hydrogens is 326 g/mol. The average Bonchev–Trinajstić information content (AvgIpc) is 2.44. The van der Waals surface area contributed by atoms with E-state index in [0.29, 0.717) is 29.5 Å².